The van der Waals surface area contributed by atoms with Gasteiger partial charge in [-0.05, 0) is 61.0 Å². The molecule has 3 aromatic heterocycles. The number of para-hydroxylation sites is 1. The van der Waals surface area contributed by atoms with Gasteiger partial charge in [0.2, 0.25) is 0 Å². The molecule has 0 atom stereocenters. The SMILES string of the molecule is Cc1cc(=O)n(-c2ccccc2C(F)(F)F)nc1C(=O)Nc1ccc(Oc2ccnc3c2ccn3C)cc1. The van der Waals surface area contributed by atoms with Crippen LogP contribution in [0.3, 0.4) is 0 Å². The van der Waals surface area contributed by atoms with E-state index in [0.717, 1.165) is 29.2 Å². The Morgan fingerprint density at radius 3 is 2.50 bits per heavy atom. The standard InChI is InChI=1S/C27H20F3N5O3/c1-16-15-23(36)35(21-6-4-3-5-20(21)27(28,29)30)33-24(16)26(37)32-17-7-9-18(10-8-17)38-22-11-13-31-25-19(22)12-14-34(25)2/h3-15H,1-2H3,(H,32,37). The fourth-order valence-electron chi connectivity index (χ4n) is 3.99. The number of fused-ring (bicyclic) bond motifs is 1. The van der Waals surface area contributed by atoms with E-state index in [1.54, 1.807) is 36.5 Å². The molecule has 0 bridgehead atoms. The van der Waals surface area contributed by atoms with E-state index in [0.29, 0.717) is 21.9 Å². The Balaban J connectivity index is 1.39. The average Bonchev–Trinajstić information content (AvgIpc) is 3.26. The molecule has 0 saturated heterocycles. The highest BCUT2D eigenvalue weighted by molar-refractivity contribution is 6.03. The van der Waals surface area contributed by atoms with Gasteiger partial charge in [0.05, 0.1) is 16.6 Å². The zero-order valence-corrected chi connectivity index (χ0v) is 20.2. The number of ether oxygens (including phenoxy) is 1. The Labute approximate surface area is 213 Å². The Bertz CT molecular complexity index is 1720. The van der Waals surface area contributed by atoms with Gasteiger partial charge in [0.25, 0.3) is 11.5 Å². The summed E-state index contributed by atoms with van der Waals surface area (Å²) in [7, 11) is 1.88. The highest BCUT2D eigenvalue weighted by Gasteiger charge is 2.34. The Morgan fingerprint density at radius 1 is 1.03 bits per heavy atom. The molecule has 1 N–H and O–H groups in total. The zero-order valence-electron chi connectivity index (χ0n) is 20.2. The number of aryl methyl sites for hydroxylation is 2. The first kappa shape index (κ1) is 24.8. The Hall–Kier alpha value is -4.93. The topological polar surface area (TPSA) is 91.0 Å². The van der Waals surface area contributed by atoms with E-state index >= 15 is 0 Å². The normalized spacial score (nSPS) is 11.5. The summed E-state index contributed by atoms with van der Waals surface area (Å²) in [5, 5.41) is 7.48. The maximum Gasteiger partial charge on any atom is 0.418 e. The molecular formula is C27H20F3N5O3. The third-order valence-corrected chi connectivity index (χ3v) is 5.84. The number of carbonyl (C=O) groups excluding carboxylic acids is 1. The quantitative estimate of drug-likeness (QED) is 0.332. The van der Waals surface area contributed by atoms with Crippen molar-refractivity contribution in [3.8, 4) is 17.2 Å². The first-order valence-corrected chi connectivity index (χ1v) is 11.4. The third kappa shape index (κ3) is 4.73. The van der Waals surface area contributed by atoms with Crippen LogP contribution in [0.2, 0.25) is 0 Å². The molecule has 5 aromatic rings. The molecule has 0 fully saturated rings. The van der Waals surface area contributed by atoms with Crippen molar-refractivity contribution in [3.63, 3.8) is 0 Å². The largest absolute Gasteiger partial charge is 0.457 e. The number of alkyl halides is 3. The minimum absolute atomic E-state index is 0.190. The lowest BCUT2D eigenvalue weighted by Gasteiger charge is -2.15. The second kappa shape index (κ2) is 9.51. The van der Waals surface area contributed by atoms with Crippen molar-refractivity contribution in [1.82, 2.24) is 19.3 Å². The van der Waals surface area contributed by atoms with Gasteiger partial charge in [-0.3, -0.25) is 9.59 Å². The first-order valence-electron chi connectivity index (χ1n) is 11.4. The molecule has 0 unspecified atom stereocenters. The summed E-state index contributed by atoms with van der Waals surface area (Å²) in [5.74, 6) is 0.453. The maximum absolute atomic E-state index is 13.5. The zero-order chi connectivity index (χ0) is 27.0. The van der Waals surface area contributed by atoms with Crippen LogP contribution in [-0.2, 0) is 13.2 Å². The number of carbonyl (C=O) groups is 1. The van der Waals surface area contributed by atoms with Crippen molar-refractivity contribution in [3.05, 3.63) is 106 Å². The van der Waals surface area contributed by atoms with Gasteiger partial charge in [-0.2, -0.15) is 23.0 Å². The molecule has 8 nitrogen and oxygen atoms in total. The minimum Gasteiger partial charge on any atom is -0.457 e. The van der Waals surface area contributed by atoms with Crippen LogP contribution >= 0.6 is 0 Å². The average molecular weight is 519 g/mol. The van der Waals surface area contributed by atoms with Gasteiger partial charge in [0.1, 0.15) is 17.1 Å². The highest BCUT2D eigenvalue weighted by atomic mass is 19.4. The van der Waals surface area contributed by atoms with Crippen LogP contribution in [0.25, 0.3) is 16.7 Å². The minimum atomic E-state index is -4.71. The van der Waals surface area contributed by atoms with Gasteiger partial charge in [-0.1, -0.05) is 12.1 Å². The number of rotatable bonds is 5. The fourth-order valence-corrected chi connectivity index (χ4v) is 3.99. The van der Waals surface area contributed by atoms with Crippen LogP contribution in [0, 0.1) is 6.92 Å². The molecule has 0 aliphatic rings. The maximum atomic E-state index is 13.5. The number of pyridine rings is 1. The van der Waals surface area contributed by atoms with E-state index in [-0.39, 0.29) is 11.3 Å². The summed E-state index contributed by atoms with van der Waals surface area (Å²) in [5.41, 5.74) is -1.10. The van der Waals surface area contributed by atoms with Crippen LogP contribution in [0.4, 0.5) is 18.9 Å². The van der Waals surface area contributed by atoms with Gasteiger partial charge < -0.3 is 14.6 Å². The van der Waals surface area contributed by atoms with Crippen molar-refractivity contribution in [1.29, 1.82) is 0 Å². The van der Waals surface area contributed by atoms with Gasteiger partial charge in [0, 0.05) is 31.2 Å². The van der Waals surface area contributed by atoms with Crippen LogP contribution in [-0.4, -0.2) is 25.2 Å². The van der Waals surface area contributed by atoms with Crippen LogP contribution in [0.1, 0.15) is 21.6 Å². The fraction of sp³-hybridized carbons (Fsp3) is 0.111. The summed E-state index contributed by atoms with van der Waals surface area (Å²) in [6.07, 6.45) is -1.18. The molecule has 38 heavy (non-hydrogen) atoms. The van der Waals surface area contributed by atoms with Crippen molar-refractivity contribution in [2.24, 2.45) is 7.05 Å². The molecule has 11 heteroatoms. The summed E-state index contributed by atoms with van der Waals surface area (Å²) >= 11 is 0. The Kier molecular flexibility index (Phi) is 6.19. The second-order valence-corrected chi connectivity index (χ2v) is 8.49. The molecule has 1 amide bonds. The molecule has 0 aliphatic carbocycles. The molecular weight excluding hydrogens is 499 g/mol. The number of anilines is 1. The van der Waals surface area contributed by atoms with Crippen molar-refractivity contribution in [2.75, 3.05) is 5.32 Å². The summed E-state index contributed by atoms with van der Waals surface area (Å²) in [6.45, 7) is 1.49. The van der Waals surface area contributed by atoms with Gasteiger partial charge in [-0.25, -0.2) is 4.98 Å². The number of nitrogens with zero attached hydrogens (tertiary/aromatic N) is 4. The molecule has 2 aromatic carbocycles. The predicted octanol–water partition coefficient (Wildman–Crippen LogP) is 5.49. The van der Waals surface area contributed by atoms with E-state index in [1.165, 1.54) is 19.1 Å². The lowest BCUT2D eigenvalue weighted by molar-refractivity contribution is -0.137. The van der Waals surface area contributed by atoms with Crippen LogP contribution in [0.5, 0.6) is 11.5 Å². The van der Waals surface area contributed by atoms with E-state index in [9.17, 15) is 22.8 Å². The molecule has 0 spiro atoms. The first-order chi connectivity index (χ1) is 18.1. The highest BCUT2D eigenvalue weighted by Crippen LogP contribution is 2.33. The summed E-state index contributed by atoms with van der Waals surface area (Å²) < 4.78 is 48.9. The van der Waals surface area contributed by atoms with Crippen molar-refractivity contribution >= 4 is 22.6 Å². The molecule has 3 heterocycles. The molecule has 0 aliphatic heterocycles. The van der Waals surface area contributed by atoms with Gasteiger partial charge >= 0.3 is 6.18 Å². The molecule has 0 saturated carbocycles. The number of amides is 1. The number of benzene rings is 2. The lowest BCUT2D eigenvalue weighted by atomic mass is 10.1. The number of hydrogen-bond acceptors (Lipinski definition) is 5. The Morgan fingerprint density at radius 2 is 1.76 bits per heavy atom. The molecule has 192 valence electrons. The number of nitrogens with one attached hydrogen (secondary N) is 1. The van der Waals surface area contributed by atoms with E-state index < -0.39 is 28.9 Å². The molecule has 5 rings (SSSR count). The summed E-state index contributed by atoms with van der Waals surface area (Å²) in [6, 6.07) is 15.8. The van der Waals surface area contributed by atoms with Crippen LogP contribution in [0.15, 0.2) is 83.9 Å². The van der Waals surface area contributed by atoms with Gasteiger partial charge in [-0.15, -0.1) is 0 Å². The van der Waals surface area contributed by atoms with Crippen molar-refractivity contribution in [2.45, 2.75) is 13.1 Å². The van der Waals surface area contributed by atoms with E-state index in [2.05, 4.69) is 15.4 Å². The van der Waals surface area contributed by atoms with Crippen molar-refractivity contribution < 1.29 is 22.7 Å². The van der Waals surface area contributed by atoms with Crippen LogP contribution < -0.4 is 15.6 Å². The summed E-state index contributed by atoms with van der Waals surface area (Å²) in [4.78, 5) is 29.8. The number of hydrogen-bond donors (Lipinski definition) is 1. The van der Waals surface area contributed by atoms with E-state index in [1.807, 2.05) is 23.9 Å². The second-order valence-electron chi connectivity index (χ2n) is 8.49. The monoisotopic (exact) mass is 519 g/mol. The number of halogens is 3. The predicted molar refractivity (Wildman–Crippen MR) is 135 cm³/mol. The molecule has 0 radical (unpaired) electrons. The smallest absolute Gasteiger partial charge is 0.418 e. The van der Waals surface area contributed by atoms with E-state index in [4.69, 9.17) is 4.74 Å². The lowest BCUT2D eigenvalue weighted by Crippen LogP contribution is -2.28. The number of aromatic nitrogens is 4. The van der Waals surface area contributed by atoms with Gasteiger partial charge in [0.15, 0.2) is 5.69 Å². The third-order valence-electron chi connectivity index (χ3n) is 5.84.